The zero-order valence-electron chi connectivity index (χ0n) is 13.1. The van der Waals surface area contributed by atoms with E-state index in [4.69, 9.17) is 11.6 Å². The van der Waals surface area contributed by atoms with E-state index in [-0.39, 0.29) is 5.24 Å². The van der Waals surface area contributed by atoms with Crippen LogP contribution < -0.4 is 0 Å². The smallest absolute Gasteiger partial charge is 0.221 e. The number of rotatable bonds is 14. The molecule has 2 heteroatoms. The van der Waals surface area contributed by atoms with Crippen LogP contribution in [0.3, 0.4) is 0 Å². The second-order valence-corrected chi connectivity index (χ2v) is 5.79. The van der Waals surface area contributed by atoms with Gasteiger partial charge in [-0.05, 0) is 43.7 Å². The van der Waals surface area contributed by atoms with Crippen molar-refractivity contribution < 1.29 is 4.79 Å². The van der Waals surface area contributed by atoms with Gasteiger partial charge in [-0.2, -0.15) is 0 Å². The van der Waals surface area contributed by atoms with Crippen LogP contribution in [0.1, 0.15) is 84.0 Å². The Hall–Kier alpha value is -0.560. The summed E-state index contributed by atoms with van der Waals surface area (Å²) < 4.78 is 0. The lowest BCUT2D eigenvalue weighted by molar-refractivity contribution is -0.111. The molecule has 0 saturated carbocycles. The molecule has 0 N–H and O–H groups in total. The summed E-state index contributed by atoms with van der Waals surface area (Å²) in [4.78, 5) is 10.5. The van der Waals surface area contributed by atoms with Crippen LogP contribution >= 0.6 is 11.6 Å². The number of carbonyl (C=O) groups excluding carboxylic acids is 1. The van der Waals surface area contributed by atoms with Gasteiger partial charge in [-0.3, -0.25) is 4.79 Å². The van der Waals surface area contributed by atoms with Gasteiger partial charge in [0.15, 0.2) is 0 Å². The monoisotopic (exact) mass is 298 g/mol. The Morgan fingerprint density at radius 2 is 1.30 bits per heavy atom. The van der Waals surface area contributed by atoms with Crippen molar-refractivity contribution in [3.8, 4) is 0 Å². The number of hydrogen-bond acceptors (Lipinski definition) is 1. The van der Waals surface area contributed by atoms with Crippen molar-refractivity contribution in [2.45, 2.75) is 84.0 Å². The van der Waals surface area contributed by atoms with E-state index in [1.807, 2.05) is 0 Å². The first-order valence-corrected chi connectivity index (χ1v) is 8.65. The molecule has 0 aliphatic carbocycles. The van der Waals surface area contributed by atoms with Crippen molar-refractivity contribution in [2.75, 3.05) is 0 Å². The summed E-state index contributed by atoms with van der Waals surface area (Å²) in [5.41, 5.74) is 0. The molecule has 0 spiro atoms. The van der Waals surface area contributed by atoms with Crippen LogP contribution in [-0.2, 0) is 4.79 Å². The third-order valence-electron chi connectivity index (χ3n) is 3.35. The lowest BCUT2D eigenvalue weighted by atomic mass is 10.1. The molecule has 0 bridgehead atoms. The van der Waals surface area contributed by atoms with Crippen LogP contribution in [0.5, 0.6) is 0 Å². The van der Waals surface area contributed by atoms with E-state index in [0.717, 1.165) is 19.3 Å². The minimum absolute atomic E-state index is 0.200. The van der Waals surface area contributed by atoms with Gasteiger partial charge in [-0.1, -0.05) is 69.8 Å². The van der Waals surface area contributed by atoms with E-state index in [1.54, 1.807) is 0 Å². The number of unbranched alkanes of at least 4 members (excludes halogenated alkanes) is 9. The zero-order valence-corrected chi connectivity index (χ0v) is 13.8. The molecular formula is C18H31ClO. The molecule has 116 valence electrons. The molecule has 0 heterocycles. The Morgan fingerprint density at radius 1 is 0.800 bits per heavy atom. The molecule has 0 radical (unpaired) electrons. The molecule has 0 saturated heterocycles. The third-order valence-corrected chi connectivity index (χ3v) is 3.54. The van der Waals surface area contributed by atoms with Crippen molar-refractivity contribution >= 4 is 16.8 Å². The highest BCUT2D eigenvalue weighted by Crippen LogP contribution is 2.08. The summed E-state index contributed by atoms with van der Waals surface area (Å²) in [5, 5.41) is -0.200. The fourth-order valence-corrected chi connectivity index (χ4v) is 2.23. The van der Waals surface area contributed by atoms with Crippen molar-refractivity contribution in [1.82, 2.24) is 0 Å². The molecule has 0 aliphatic rings. The number of carbonyl (C=O) groups is 1. The molecule has 0 aromatic rings. The van der Waals surface area contributed by atoms with Crippen LogP contribution in [0.15, 0.2) is 24.3 Å². The summed E-state index contributed by atoms with van der Waals surface area (Å²) in [6, 6.07) is 0. The van der Waals surface area contributed by atoms with Crippen LogP contribution in [-0.4, -0.2) is 5.24 Å². The molecular weight excluding hydrogens is 268 g/mol. The van der Waals surface area contributed by atoms with Gasteiger partial charge in [-0.25, -0.2) is 0 Å². The number of halogens is 1. The number of allylic oxidation sites excluding steroid dienone is 4. The van der Waals surface area contributed by atoms with E-state index in [9.17, 15) is 4.79 Å². The summed E-state index contributed by atoms with van der Waals surface area (Å²) in [6.45, 7) is 2.25. The molecule has 0 atom stereocenters. The summed E-state index contributed by atoms with van der Waals surface area (Å²) >= 11 is 5.28. The molecule has 20 heavy (non-hydrogen) atoms. The van der Waals surface area contributed by atoms with Gasteiger partial charge < -0.3 is 0 Å². The van der Waals surface area contributed by atoms with E-state index in [1.165, 1.54) is 51.4 Å². The summed E-state index contributed by atoms with van der Waals surface area (Å²) in [6.07, 6.45) is 22.9. The number of hydrogen-bond donors (Lipinski definition) is 0. The van der Waals surface area contributed by atoms with Gasteiger partial charge in [0.2, 0.25) is 5.24 Å². The first-order valence-electron chi connectivity index (χ1n) is 8.27. The third kappa shape index (κ3) is 17.4. The first kappa shape index (κ1) is 19.4. The lowest BCUT2D eigenvalue weighted by Gasteiger charge is -1.97. The minimum Gasteiger partial charge on any atom is -0.281 e. The van der Waals surface area contributed by atoms with Gasteiger partial charge in [0.25, 0.3) is 0 Å². The molecule has 0 unspecified atom stereocenters. The second kappa shape index (κ2) is 16.5. The van der Waals surface area contributed by atoms with Crippen LogP contribution in [0.2, 0.25) is 0 Å². The van der Waals surface area contributed by atoms with Gasteiger partial charge in [-0.15, -0.1) is 0 Å². The summed E-state index contributed by atoms with van der Waals surface area (Å²) in [7, 11) is 0. The normalized spacial score (nSPS) is 11.7. The predicted molar refractivity (Wildman–Crippen MR) is 90.2 cm³/mol. The highest BCUT2D eigenvalue weighted by atomic mass is 35.5. The van der Waals surface area contributed by atoms with Gasteiger partial charge in [0.1, 0.15) is 0 Å². The highest BCUT2D eigenvalue weighted by molar-refractivity contribution is 6.63. The molecule has 0 rings (SSSR count). The maximum absolute atomic E-state index is 10.5. The first-order chi connectivity index (χ1) is 9.77. The molecule has 0 aromatic heterocycles. The Balaban J connectivity index is 3.19. The maximum Gasteiger partial charge on any atom is 0.221 e. The van der Waals surface area contributed by atoms with Crippen LogP contribution in [0.4, 0.5) is 0 Å². The van der Waals surface area contributed by atoms with E-state index < -0.39 is 0 Å². The van der Waals surface area contributed by atoms with E-state index in [2.05, 4.69) is 31.2 Å². The van der Waals surface area contributed by atoms with Gasteiger partial charge >= 0.3 is 0 Å². The van der Waals surface area contributed by atoms with Crippen LogP contribution in [0.25, 0.3) is 0 Å². The van der Waals surface area contributed by atoms with Crippen molar-refractivity contribution in [2.24, 2.45) is 0 Å². The van der Waals surface area contributed by atoms with E-state index in [0.29, 0.717) is 6.42 Å². The quantitative estimate of drug-likeness (QED) is 0.201. The molecule has 1 nitrogen and oxygen atoms in total. The Morgan fingerprint density at radius 3 is 1.85 bits per heavy atom. The predicted octanol–water partition coefficient (Wildman–Crippen LogP) is 6.57. The van der Waals surface area contributed by atoms with Crippen molar-refractivity contribution in [3.63, 3.8) is 0 Å². The average Bonchev–Trinajstić information content (AvgIpc) is 2.43. The minimum atomic E-state index is -0.200. The van der Waals surface area contributed by atoms with Crippen LogP contribution in [0, 0.1) is 0 Å². The Labute approximate surface area is 130 Å². The standard InChI is InChI=1S/C18H31ClO/c1-2-3-4-5-6-7-8-9-10-11-12-13-14-15-16-17-18(19)20/h7-10H,2-6,11-17H2,1H3. The fourth-order valence-electron chi connectivity index (χ4n) is 2.10. The molecule has 0 aromatic carbocycles. The van der Waals surface area contributed by atoms with Crippen molar-refractivity contribution in [3.05, 3.63) is 24.3 Å². The van der Waals surface area contributed by atoms with E-state index >= 15 is 0 Å². The Kier molecular flexibility index (Phi) is 16.0. The lowest BCUT2D eigenvalue weighted by Crippen LogP contribution is -1.86. The average molecular weight is 299 g/mol. The molecule has 0 amide bonds. The highest BCUT2D eigenvalue weighted by Gasteiger charge is 1.95. The Bertz CT molecular complexity index is 269. The fraction of sp³-hybridized carbons (Fsp3) is 0.722. The largest absolute Gasteiger partial charge is 0.281 e. The maximum atomic E-state index is 10.5. The zero-order chi connectivity index (χ0) is 14.9. The van der Waals surface area contributed by atoms with Gasteiger partial charge in [0.05, 0.1) is 0 Å². The SMILES string of the molecule is CCCCCCC=CC=CCCCCCCCC(=O)Cl. The molecule has 0 fully saturated rings. The molecule has 0 aliphatic heterocycles. The second-order valence-electron chi connectivity index (χ2n) is 5.37. The van der Waals surface area contributed by atoms with Gasteiger partial charge in [0, 0.05) is 6.42 Å². The van der Waals surface area contributed by atoms with Crippen molar-refractivity contribution in [1.29, 1.82) is 0 Å². The topological polar surface area (TPSA) is 17.1 Å². The summed E-state index contributed by atoms with van der Waals surface area (Å²) in [5.74, 6) is 0.